The summed E-state index contributed by atoms with van der Waals surface area (Å²) in [6, 6.07) is 0. The molecule has 2 saturated heterocycles. The molecule has 0 bridgehead atoms. The molecule has 0 aromatic carbocycles. The molecule has 11 nitrogen and oxygen atoms in total. The first-order chi connectivity index (χ1) is 16.8. The molecule has 0 saturated carbocycles. The van der Waals surface area contributed by atoms with E-state index in [9.17, 15) is 35.7 Å². The number of hydrogen-bond donors (Lipinski definition) is 7. The van der Waals surface area contributed by atoms with Gasteiger partial charge < -0.3 is 54.7 Å². The summed E-state index contributed by atoms with van der Waals surface area (Å²) in [7, 11) is 0. The van der Waals surface area contributed by atoms with Crippen LogP contribution in [-0.2, 0) is 18.9 Å². The molecule has 0 aromatic rings. The van der Waals surface area contributed by atoms with Crippen LogP contribution in [0.3, 0.4) is 0 Å². The topological polar surface area (TPSA) is 179 Å². The Labute approximate surface area is 207 Å². The molecule has 2 aliphatic rings. The Hall–Kier alpha value is -0.440. The SMILES string of the molecule is CCCCCCCCCCCCO[C@@H]1OC(CO)[C@H](O[C@@H]2OC(CO)[C@H](O)[C@H](O)C2O)C(O)[C@@H]1O. The molecule has 2 rings (SSSR count). The summed E-state index contributed by atoms with van der Waals surface area (Å²) >= 11 is 0. The Morgan fingerprint density at radius 3 is 1.66 bits per heavy atom. The van der Waals surface area contributed by atoms with Crippen LogP contribution < -0.4 is 0 Å². The van der Waals surface area contributed by atoms with E-state index in [2.05, 4.69) is 6.92 Å². The van der Waals surface area contributed by atoms with Crippen molar-refractivity contribution < 1.29 is 54.7 Å². The molecule has 0 radical (unpaired) electrons. The quantitative estimate of drug-likeness (QED) is 0.134. The second kappa shape index (κ2) is 16.4. The molecule has 208 valence electrons. The van der Waals surface area contributed by atoms with Gasteiger partial charge in [-0.3, -0.25) is 0 Å². The summed E-state index contributed by atoms with van der Waals surface area (Å²) in [4.78, 5) is 0. The van der Waals surface area contributed by atoms with Crippen molar-refractivity contribution in [1.82, 2.24) is 0 Å². The maximum atomic E-state index is 10.6. The van der Waals surface area contributed by atoms with Crippen molar-refractivity contribution in [3.63, 3.8) is 0 Å². The predicted octanol–water partition coefficient (Wildman–Crippen LogP) is -0.452. The maximum absolute atomic E-state index is 10.6. The van der Waals surface area contributed by atoms with Crippen LogP contribution in [0, 0.1) is 0 Å². The molecule has 11 heteroatoms. The van der Waals surface area contributed by atoms with Crippen LogP contribution >= 0.6 is 0 Å². The van der Waals surface area contributed by atoms with Crippen LogP contribution in [0.15, 0.2) is 0 Å². The van der Waals surface area contributed by atoms with Gasteiger partial charge in [0.1, 0.15) is 48.8 Å². The molecule has 7 N–H and O–H groups in total. The molecule has 0 aliphatic carbocycles. The molecule has 0 spiro atoms. The Bertz CT molecular complexity index is 550. The third-order valence-corrected chi connectivity index (χ3v) is 6.74. The molecule has 0 amide bonds. The van der Waals surface area contributed by atoms with E-state index in [0.717, 1.165) is 19.3 Å². The van der Waals surface area contributed by atoms with E-state index in [-0.39, 0.29) is 0 Å². The van der Waals surface area contributed by atoms with Crippen LogP contribution in [0.4, 0.5) is 0 Å². The minimum absolute atomic E-state index is 0.321. The van der Waals surface area contributed by atoms with E-state index in [1.165, 1.54) is 44.9 Å². The molecular formula is C24H46O11. The van der Waals surface area contributed by atoms with Crippen molar-refractivity contribution in [2.24, 2.45) is 0 Å². The van der Waals surface area contributed by atoms with Crippen LogP contribution in [0.25, 0.3) is 0 Å². The lowest BCUT2D eigenvalue weighted by Gasteiger charge is -2.45. The first-order valence-electron chi connectivity index (χ1n) is 13.1. The lowest BCUT2D eigenvalue weighted by Crippen LogP contribution is -2.64. The Kier molecular flexibility index (Phi) is 14.4. The zero-order valence-electron chi connectivity index (χ0n) is 20.7. The molecule has 10 atom stereocenters. The fourth-order valence-corrected chi connectivity index (χ4v) is 4.48. The standard InChI is InChI=1S/C24H46O11/c1-2-3-4-5-6-7-8-9-10-11-12-32-23-21(31)19(29)22(16(14-26)34-23)35-24-20(30)18(28)17(27)15(13-25)33-24/h15-31H,2-14H2,1H3/t15?,16?,17-,18-,19?,20?,21-,22-,23+,24-/m0/s1. The van der Waals surface area contributed by atoms with E-state index in [1.54, 1.807) is 0 Å². The summed E-state index contributed by atoms with van der Waals surface area (Å²) in [6.45, 7) is 1.31. The lowest BCUT2D eigenvalue weighted by atomic mass is 9.97. The van der Waals surface area contributed by atoms with Crippen molar-refractivity contribution in [3.05, 3.63) is 0 Å². The highest BCUT2D eigenvalue weighted by Gasteiger charge is 2.50. The van der Waals surface area contributed by atoms with Gasteiger partial charge in [-0.1, -0.05) is 64.7 Å². The summed E-state index contributed by atoms with van der Waals surface area (Å²) in [5.41, 5.74) is 0. The van der Waals surface area contributed by atoms with E-state index in [4.69, 9.17) is 18.9 Å². The fourth-order valence-electron chi connectivity index (χ4n) is 4.48. The summed E-state index contributed by atoms with van der Waals surface area (Å²) in [5.74, 6) is 0. The largest absolute Gasteiger partial charge is 0.394 e. The van der Waals surface area contributed by atoms with Crippen molar-refractivity contribution in [1.29, 1.82) is 0 Å². The van der Waals surface area contributed by atoms with E-state index < -0.39 is 74.6 Å². The highest BCUT2D eigenvalue weighted by Crippen LogP contribution is 2.29. The van der Waals surface area contributed by atoms with Gasteiger partial charge in [-0.2, -0.15) is 0 Å². The van der Waals surface area contributed by atoms with E-state index in [1.807, 2.05) is 0 Å². The molecular weight excluding hydrogens is 464 g/mol. The molecule has 2 aliphatic heterocycles. The van der Waals surface area contributed by atoms with Gasteiger partial charge in [-0.05, 0) is 6.42 Å². The van der Waals surface area contributed by atoms with E-state index in [0.29, 0.717) is 6.61 Å². The average molecular weight is 511 g/mol. The van der Waals surface area contributed by atoms with Gasteiger partial charge in [-0.15, -0.1) is 0 Å². The Balaban J connectivity index is 1.74. The minimum atomic E-state index is -1.69. The molecule has 35 heavy (non-hydrogen) atoms. The molecule has 2 heterocycles. The molecule has 4 unspecified atom stereocenters. The van der Waals surface area contributed by atoms with Gasteiger partial charge in [0.25, 0.3) is 0 Å². The number of aliphatic hydroxyl groups excluding tert-OH is 7. The third-order valence-electron chi connectivity index (χ3n) is 6.74. The smallest absolute Gasteiger partial charge is 0.187 e. The zero-order chi connectivity index (χ0) is 25.8. The summed E-state index contributed by atoms with van der Waals surface area (Å²) < 4.78 is 22.0. The second-order valence-corrected chi connectivity index (χ2v) is 9.56. The van der Waals surface area contributed by atoms with Gasteiger partial charge in [0.05, 0.1) is 13.2 Å². The van der Waals surface area contributed by atoms with Crippen molar-refractivity contribution in [2.45, 2.75) is 133 Å². The number of rotatable bonds is 16. The van der Waals surface area contributed by atoms with Crippen molar-refractivity contribution >= 4 is 0 Å². The van der Waals surface area contributed by atoms with Gasteiger partial charge in [0.15, 0.2) is 12.6 Å². The maximum Gasteiger partial charge on any atom is 0.187 e. The van der Waals surface area contributed by atoms with Crippen LogP contribution in [0.5, 0.6) is 0 Å². The third kappa shape index (κ3) is 9.11. The van der Waals surface area contributed by atoms with Gasteiger partial charge in [0, 0.05) is 6.61 Å². The van der Waals surface area contributed by atoms with Gasteiger partial charge in [0.2, 0.25) is 0 Å². The zero-order valence-corrected chi connectivity index (χ0v) is 20.7. The number of unbranched alkanes of at least 4 members (excludes halogenated alkanes) is 9. The number of aliphatic hydroxyl groups is 7. The second-order valence-electron chi connectivity index (χ2n) is 9.56. The highest BCUT2D eigenvalue weighted by atomic mass is 16.7. The molecule has 2 fully saturated rings. The van der Waals surface area contributed by atoms with E-state index >= 15 is 0 Å². The average Bonchev–Trinajstić information content (AvgIpc) is 2.86. The first-order valence-corrected chi connectivity index (χ1v) is 13.1. The van der Waals surface area contributed by atoms with Crippen molar-refractivity contribution in [3.8, 4) is 0 Å². The predicted molar refractivity (Wildman–Crippen MR) is 124 cm³/mol. The first kappa shape index (κ1) is 30.8. The molecule has 0 aromatic heterocycles. The highest BCUT2D eigenvalue weighted by molar-refractivity contribution is 4.94. The van der Waals surface area contributed by atoms with Crippen LogP contribution in [0.1, 0.15) is 71.1 Å². The lowest BCUT2D eigenvalue weighted by molar-refractivity contribution is -0.359. The van der Waals surface area contributed by atoms with Crippen LogP contribution in [0.2, 0.25) is 0 Å². The fraction of sp³-hybridized carbons (Fsp3) is 1.00. The van der Waals surface area contributed by atoms with Gasteiger partial charge in [-0.25, -0.2) is 0 Å². The number of hydrogen-bond acceptors (Lipinski definition) is 11. The summed E-state index contributed by atoms with van der Waals surface area (Å²) in [5, 5.41) is 70.1. The normalized spacial score (nSPS) is 38.1. The minimum Gasteiger partial charge on any atom is -0.394 e. The van der Waals surface area contributed by atoms with Crippen LogP contribution in [-0.4, -0.2) is 117 Å². The Morgan fingerprint density at radius 1 is 0.571 bits per heavy atom. The van der Waals surface area contributed by atoms with Crippen molar-refractivity contribution in [2.75, 3.05) is 19.8 Å². The Morgan fingerprint density at radius 2 is 1.09 bits per heavy atom. The monoisotopic (exact) mass is 510 g/mol. The summed E-state index contributed by atoms with van der Waals surface area (Å²) in [6.07, 6.45) is -2.63. The number of ether oxygens (including phenoxy) is 4. The van der Waals surface area contributed by atoms with Gasteiger partial charge >= 0.3 is 0 Å².